The van der Waals surface area contributed by atoms with E-state index in [2.05, 4.69) is 46.4 Å². The lowest BCUT2D eigenvalue weighted by Gasteiger charge is -2.28. The van der Waals surface area contributed by atoms with Crippen LogP contribution in [0, 0.1) is 0 Å². The quantitative estimate of drug-likeness (QED) is 0.760. The Labute approximate surface area is 145 Å². The van der Waals surface area contributed by atoms with Gasteiger partial charge < -0.3 is 4.98 Å². The van der Waals surface area contributed by atoms with Crippen molar-refractivity contribution in [3.63, 3.8) is 0 Å². The largest absolute Gasteiger partial charge is 0.361 e. The first-order chi connectivity index (χ1) is 11.9. The average molecular weight is 320 g/mol. The van der Waals surface area contributed by atoms with Crippen LogP contribution in [0.15, 0.2) is 36.5 Å². The first kappa shape index (κ1) is 14.5. The molecule has 1 aromatic carbocycles. The predicted octanol–water partition coefficient (Wildman–Crippen LogP) is 5.62. The topological polar surface area (TPSA) is 19.0 Å². The van der Waals surface area contributed by atoms with Crippen LogP contribution in [0.1, 0.15) is 57.5 Å². The maximum atomic E-state index is 3.50. The minimum atomic E-state index is 0. The van der Waals surface area contributed by atoms with Gasteiger partial charge in [0.15, 0.2) is 0 Å². The van der Waals surface area contributed by atoms with Crippen LogP contribution in [0.3, 0.4) is 0 Å². The number of hydrogen-bond donors (Lipinski definition) is 1. The third-order valence-electron chi connectivity index (χ3n) is 6.17. The van der Waals surface area contributed by atoms with E-state index in [0.29, 0.717) is 6.04 Å². The molecule has 0 spiro atoms. The number of aromatic nitrogens is 1. The summed E-state index contributed by atoms with van der Waals surface area (Å²) < 4.78 is 0. The van der Waals surface area contributed by atoms with Gasteiger partial charge in [-0.3, -0.25) is 4.90 Å². The second-order valence-corrected chi connectivity index (χ2v) is 7.63. The van der Waals surface area contributed by atoms with Gasteiger partial charge >= 0.3 is 0 Å². The van der Waals surface area contributed by atoms with Gasteiger partial charge in [0.2, 0.25) is 0 Å². The van der Waals surface area contributed by atoms with Gasteiger partial charge in [-0.1, -0.05) is 18.2 Å². The fraction of sp³-hybridized carbons (Fsp3) is 0.455. The number of aromatic amines is 1. The van der Waals surface area contributed by atoms with E-state index in [1.54, 1.807) is 11.1 Å². The van der Waals surface area contributed by atoms with Crippen LogP contribution in [-0.4, -0.2) is 29.0 Å². The van der Waals surface area contributed by atoms with Crippen molar-refractivity contribution in [3.8, 4) is 0 Å². The smallest absolute Gasteiger partial charge is 0.0460 e. The summed E-state index contributed by atoms with van der Waals surface area (Å²) in [6.07, 6.45) is 16.3. The molecule has 1 saturated heterocycles. The van der Waals surface area contributed by atoms with Gasteiger partial charge in [-0.15, -0.1) is 0 Å². The molecule has 1 aromatic heterocycles. The second kappa shape index (κ2) is 5.93. The van der Waals surface area contributed by atoms with E-state index < -0.39 is 0 Å². The van der Waals surface area contributed by atoms with E-state index in [4.69, 9.17) is 0 Å². The van der Waals surface area contributed by atoms with Crippen molar-refractivity contribution in [2.24, 2.45) is 0 Å². The van der Waals surface area contributed by atoms with Crippen LogP contribution >= 0.6 is 0 Å². The normalized spacial score (nSPS) is 24.8. The van der Waals surface area contributed by atoms with Gasteiger partial charge in [0, 0.05) is 36.7 Å². The van der Waals surface area contributed by atoms with E-state index in [0.717, 1.165) is 0 Å². The molecule has 1 fully saturated rings. The van der Waals surface area contributed by atoms with Crippen molar-refractivity contribution >= 4 is 22.0 Å². The van der Waals surface area contributed by atoms with Crippen LogP contribution in [0.4, 0.5) is 0 Å². The summed E-state index contributed by atoms with van der Waals surface area (Å²) in [5.74, 6) is 0. The molecule has 0 amide bonds. The van der Waals surface area contributed by atoms with Crippen LogP contribution in [0.25, 0.3) is 22.0 Å². The number of H-pyrrole nitrogens is 1. The molecule has 0 bridgehead atoms. The summed E-state index contributed by atoms with van der Waals surface area (Å²) in [6.45, 7) is 2.52. The van der Waals surface area contributed by atoms with E-state index in [9.17, 15) is 0 Å². The zero-order valence-electron chi connectivity index (χ0n) is 14.4. The molecule has 2 aromatic rings. The molecule has 1 N–H and O–H groups in total. The molecule has 24 heavy (non-hydrogen) atoms. The zero-order valence-corrected chi connectivity index (χ0v) is 14.4. The fourth-order valence-corrected chi connectivity index (χ4v) is 4.81. The van der Waals surface area contributed by atoms with Gasteiger partial charge in [0.25, 0.3) is 0 Å². The van der Waals surface area contributed by atoms with E-state index in [1.165, 1.54) is 80.1 Å². The third kappa shape index (κ3) is 2.44. The van der Waals surface area contributed by atoms with Crippen LogP contribution in [0.2, 0.25) is 0 Å². The van der Waals surface area contributed by atoms with Gasteiger partial charge in [-0.2, -0.15) is 0 Å². The van der Waals surface area contributed by atoms with Gasteiger partial charge in [0.05, 0.1) is 0 Å². The zero-order chi connectivity index (χ0) is 15.9. The highest BCUT2D eigenvalue weighted by Crippen LogP contribution is 2.36. The predicted molar refractivity (Wildman–Crippen MR) is 104 cm³/mol. The number of nitrogens with one attached hydrogen (secondary N) is 1. The maximum Gasteiger partial charge on any atom is 0.0460 e. The van der Waals surface area contributed by atoms with Crippen LogP contribution in [0.5, 0.6) is 0 Å². The fourth-order valence-electron chi connectivity index (χ4n) is 4.81. The molecule has 2 aliphatic heterocycles. The molecule has 1 aliphatic carbocycles. The SMILES string of the molecule is C1=C(c2ccc3[nH]cc(C4=CC5CCCN5CC4)c3c2)CCCC1.[HH]. The first-order valence-corrected chi connectivity index (χ1v) is 9.64. The van der Waals surface area contributed by atoms with E-state index in [-0.39, 0.29) is 1.43 Å². The Kier molecular flexibility index (Phi) is 3.59. The molecule has 3 heterocycles. The number of allylic oxidation sites excluding steroid dienone is 2. The standard InChI is InChI=1S/C22H26N2.H2/c1-2-5-16(6-3-1)17-8-9-22-20(14-17)21(15-23-22)18-10-12-24-11-4-7-19(24)13-18;/h5,8-9,13-15,19,23H,1-4,6-7,10-12H2;1H. The molecule has 1 atom stereocenters. The molecule has 0 saturated carbocycles. The Morgan fingerprint density at radius 2 is 2.04 bits per heavy atom. The third-order valence-corrected chi connectivity index (χ3v) is 6.17. The number of hydrogen-bond acceptors (Lipinski definition) is 1. The summed E-state index contributed by atoms with van der Waals surface area (Å²) >= 11 is 0. The Bertz CT molecular complexity index is 830. The summed E-state index contributed by atoms with van der Waals surface area (Å²) in [5, 5.41) is 1.41. The summed E-state index contributed by atoms with van der Waals surface area (Å²) in [5.41, 5.74) is 7.26. The molecule has 0 radical (unpaired) electrons. The Hall–Kier alpha value is -1.80. The number of fused-ring (bicyclic) bond motifs is 2. The van der Waals surface area contributed by atoms with E-state index >= 15 is 0 Å². The van der Waals surface area contributed by atoms with Crippen LogP contribution < -0.4 is 0 Å². The van der Waals surface area contributed by atoms with Gasteiger partial charge in [-0.05, 0) is 80.3 Å². The highest BCUT2D eigenvalue weighted by Gasteiger charge is 2.27. The lowest BCUT2D eigenvalue weighted by atomic mass is 9.91. The lowest BCUT2D eigenvalue weighted by Crippen LogP contribution is -2.32. The monoisotopic (exact) mass is 320 g/mol. The second-order valence-electron chi connectivity index (χ2n) is 7.63. The minimum absolute atomic E-state index is 0. The molecular weight excluding hydrogens is 292 g/mol. The van der Waals surface area contributed by atoms with Crippen molar-refractivity contribution in [3.05, 3.63) is 47.7 Å². The summed E-state index contributed by atoms with van der Waals surface area (Å²) in [6, 6.07) is 7.69. The Balaban J connectivity index is 0.00000157. The van der Waals surface area contributed by atoms with Gasteiger partial charge in [0.1, 0.15) is 0 Å². The van der Waals surface area contributed by atoms with Crippen molar-refractivity contribution < 1.29 is 1.43 Å². The lowest BCUT2D eigenvalue weighted by molar-refractivity contribution is 0.288. The molecule has 1 unspecified atom stereocenters. The van der Waals surface area contributed by atoms with Crippen molar-refractivity contribution in [1.29, 1.82) is 0 Å². The minimum Gasteiger partial charge on any atom is -0.361 e. The van der Waals surface area contributed by atoms with Crippen molar-refractivity contribution in [2.75, 3.05) is 13.1 Å². The number of benzene rings is 1. The molecule has 126 valence electrons. The van der Waals surface area contributed by atoms with Crippen molar-refractivity contribution in [1.82, 2.24) is 9.88 Å². The molecule has 2 heteroatoms. The highest BCUT2D eigenvalue weighted by molar-refractivity contribution is 5.95. The summed E-state index contributed by atoms with van der Waals surface area (Å²) in [7, 11) is 0. The van der Waals surface area contributed by atoms with Gasteiger partial charge in [-0.25, -0.2) is 0 Å². The van der Waals surface area contributed by atoms with Crippen LogP contribution in [-0.2, 0) is 0 Å². The summed E-state index contributed by atoms with van der Waals surface area (Å²) in [4.78, 5) is 6.15. The molecule has 5 rings (SSSR count). The Morgan fingerprint density at radius 1 is 1.04 bits per heavy atom. The maximum absolute atomic E-state index is 3.50. The van der Waals surface area contributed by atoms with Crippen molar-refractivity contribution in [2.45, 2.75) is 51.0 Å². The Morgan fingerprint density at radius 3 is 2.96 bits per heavy atom. The molecular formula is C22H28N2. The number of nitrogens with zero attached hydrogens (tertiary/aromatic N) is 1. The average Bonchev–Trinajstić information content (AvgIpc) is 3.27. The molecule has 2 nitrogen and oxygen atoms in total. The number of rotatable bonds is 2. The highest BCUT2D eigenvalue weighted by atomic mass is 15.2. The molecule has 3 aliphatic rings. The van der Waals surface area contributed by atoms with E-state index in [1.807, 2.05) is 0 Å². The first-order valence-electron chi connectivity index (χ1n) is 9.64.